The molecule has 2 nitrogen and oxygen atoms in total. The number of benzene rings is 1. The minimum Gasteiger partial charge on any atom is -0.322 e. The fraction of sp³-hybridized carbons (Fsp3) is 0.235. The van der Waals surface area contributed by atoms with E-state index in [1.165, 1.54) is 5.56 Å². The fourth-order valence-corrected chi connectivity index (χ4v) is 2.60. The van der Waals surface area contributed by atoms with E-state index in [-0.39, 0.29) is 5.91 Å². The topological polar surface area (TPSA) is 29.1 Å². The molecule has 1 heterocycles. The maximum Gasteiger partial charge on any atom is 0.248 e. The van der Waals surface area contributed by atoms with Gasteiger partial charge in [-0.1, -0.05) is 38.1 Å². The lowest BCUT2D eigenvalue weighted by molar-refractivity contribution is -0.111. The van der Waals surface area contributed by atoms with Crippen LogP contribution in [-0.4, -0.2) is 5.91 Å². The molecule has 1 unspecified atom stereocenters. The summed E-state index contributed by atoms with van der Waals surface area (Å²) in [5.74, 6) is 0.349. The molecule has 0 aliphatic carbocycles. The number of nitrogens with one attached hydrogen (secondary N) is 1. The van der Waals surface area contributed by atoms with Gasteiger partial charge in [-0.2, -0.15) is 0 Å². The number of para-hydroxylation sites is 1. The molecule has 1 atom stereocenters. The van der Waals surface area contributed by atoms with Gasteiger partial charge in [0.25, 0.3) is 0 Å². The van der Waals surface area contributed by atoms with Crippen molar-refractivity contribution in [2.75, 3.05) is 5.32 Å². The molecule has 20 heavy (non-hydrogen) atoms. The van der Waals surface area contributed by atoms with Crippen molar-refractivity contribution in [1.29, 1.82) is 0 Å². The van der Waals surface area contributed by atoms with Crippen molar-refractivity contribution in [1.82, 2.24) is 0 Å². The zero-order chi connectivity index (χ0) is 14.4. The van der Waals surface area contributed by atoms with E-state index in [0.717, 1.165) is 17.0 Å². The first-order chi connectivity index (χ1) is 9.70. The predicted molar refractivity (Wildman–Crippen MR) is 87.1 cm³/mol. The molecule has 2 rings (SSSR count). The molecule has 0 spiro atoms. The van der Waals surface area contributed by atoms with Crippen molar-refractivity contribution < 1.29 is 4.79 Å². The molecule has 2 aromatic rings. The summed E-state index contributed by atoms with van der Waals surface area (Å²) in [6, 6.07) is 12.0. The van der Waals surface area contributed by atoms with Gasteiger partial charge in [-0.05, 0) is 41.5 Å². The van der Waals surface area contributed by atoms with Crippen molar-refractivity contribution in [3.8, 4) is 0 Å². The minimum absolute atomic E-state index is 0.0887. The number of carbonyl (C=O) groups is 1. The maximum atomic E-state index is 12.0. The van der Waals surface area contributed by atoms with Gasteiger partial charge in [0.2, 0.25) is 5.91 Å². The Morgan fingerprint density at radius 3 is 2.80 bits per heavy atom. The molecule has 0 bridgehead atoms. The normalized spacial score (nSPS) is 12.5. The molecule has 3 heteroatoms. The highest BCUT2D eigenvalue weighted by atomic mass is 32.1. The number of thiophene rings is 1. The minimum atomic E-state index is -0.0887. The summed E-state index contributed by atoms with van der Waals surface area (Å²) in [5.41, 5.74) is 2.09. The summed E-state index contributed by atoms with van der Waals surface area (Å²) >= 11 is 1.62. The second kappa shape index (κ2) is 7.06. The number of hydrogen-bond donors (Lipinski definition) is 1. The third-order valence-electron chi connectivity index (χ3n) is 3.30. The highest BCUT2D eigenvalue weighted by Crippen LogP contribution is 2.26. The molecular weight excluding hydrogens is 266 g/mol. The van der Waals surface area contributed by atoms with Gasteiger partial charge in [0.15, 0.2) is 0 Å². The lowest BCUT2D eigenvalue weighted by Crippen LogP contribution is -2.10. The Labute approximate surface area is 124 Å². The van der Waals surface area contributed by atoms with Crippen molar-refractivity contribution in [2.45, 2.75) is 26.2 Å². The molecule has 1 N–H and O–H groups in total. The lowest BCUT2D eigenvalue weighted by atomic mass is 9.97. The van der Waals surface area contributed by atoms with Gasteiger partial charge < -0.3 is 5.32 Å². The SMILES string of the molecule is CCC(C)c1ccccc1NC(=O)C=Cc1cccs1. The number of hydrogen-bond acceptors (Lipinski definition) is 2. The van der Waals surface area contributed by atoms with Crippen LogP contribution in [0, 0.1) is 0 Å². The second-order valence-electron chi connectivity index (χ2n) is 4.73. The second-order valence-corrected chi connectivity index (χ2v) is 5.71. The molecule has 0 saturated heterocycles. The van der Waals surface area contributed by atoms with Crippen LogP contribution in [0.3, 0.4) is 0 Å². The molecular formula is C17H19NOS. The number of anilines is 1. The largest absolute Gasteiger partial charge is 0.322 e. The summed E-state index contributed by atoms with van der Waals surface area (Å²) in [4.78, 5) is 13.1. The number of carbonyl (C=O) groups excluding carboxylic acids is 1. The Hall–Kier alpha value is -1.87. The maximum absolute atomic E-state index is 12.0. The standard InChI is InChI=1S/C17H19NOS/c1-3-13(2)15-8-4-5-9-16(15)18-17(19)11-10-14-7-6-12-20-14/h4-13H,3H2,1-2H3,(H,18,19). The molecule has 0 aliphatic rings. The van der Waals surface area contributed by atoms with Crippen LogP contribution in [0.15, 0.2) is 47.9 Å². The summed E-state index contributed by atoms with van der Waals surface area (Å²) in [7, 11) is 0. The van der Waals surface area contributed by atoms with Crippen LogP contribution < -0.4 is 5.32 Å². The van der Waals surface area contributed by atoms with Gasteiger partial charge >= 0.3 is 0 Å². The molecule has 1 aromatic carbocycles. The summed E-state index contributed by atoms with van der Waals surface area (Å²) in [5, 5.41) is 4.96. The van der Waals surface area contributed by atoms with Gasteiger partial charge in [0, 0.05) is 16.6 Å². The first-order valence-electron chi connectivity index (χ1n) is 6.82. The van der Waals surface area contributed by atoms with Crippen LogP contribution in [0.1, 0.15) is 36.6 Å². The third kappa shape index (κ3) is 3.81. The van der Waals surface area contributed by atoms with E-state index in [4.69, 9.17) is 0 Å². The molecule has 0 saturated carbocycles. The highest BCUT2D eigenvalue weighted by Gasteiger charge is 2.09. The first kappa shape index (κ1) is 14.5. The van der Waals surface area contributed by atoms with Crippen molar-refractivity contribution in [2.24, 2.45) is 0 Å². The van der Waals surface area contributed by atoms with E-state index >= 15 is 0 Å². The smallest absolute Gasteiger partial charge is 0.248 e. The van der Waals surface area contributed by atoms with Crippen LogP contribution in [0.2, 0.25) is 0 Å². The summed E-state index contributed by atoms with van der Waals surface area (Å²) in [6.07, 6.45) is 4.48. The third-order valence-corrected chi connectivity index (χ3v) is 4.14. The van der Waals surface area contributed by atoms with Crippen LogP contribution in [0.25, 0.3) is 6.08 Å². The van der Waals surface area contributed by atoms with E-state index in [9.17, 15) is 4.79 Å². The summed E-state index contributed by atoms with van der Waals surface area (Å²) in [6.45, 7) is 4.33. The van der Waals surface area contributed by atoms with E-state index in [0.29, 0.717) is 5.92 Å². The zero-order valence-corrected chi connectivity index (χ0v) is 12.6. The van der Waals surface area contributed by atoms with Gasteiger partial charge in [0.05, 0.1) is 0 Å². The van der Waals surface area contributed by atoms with Crippen LogP contribution in [0.5, 0.6) is 0 Å². The molecule has 0 radical (unpaired) electrons. The van der Waals surface area contributed by atoms with E-state index < -0.39 is 0 Å². The van der Waals surface area contributed by atoms with E-state index in [1.54, 1.807) is 17.4 Å². The molecule has 0 aliphatic heterocycles. The van der Waals surface area contributed by atoms with Crippen molar-refractivity contribution in [3.63, 3.8) is 0 Å². The van der Waals surface area contributed by atoms with Crippen molar-refractivity contribution >= 4 is 29.0 Å². The van der Waals surface area contributed by atoms with E-state index in [2.05, 4.69) is 25.2 Å². The van der Waals surface area contributed by atoms with Gasteiger partial charge in [-0.3, -0.25) is 4.79 Å². The van der Waals surface area contributed by atoms with Crippen LogP contribution in [-0.2, 0) is 4.79 Å². The van der Waals surface area contributed by atoms with Crippen LogP contribution >= 0.6 is 11.3 Å². The van der Waals surface area contributed by atoms with Crippen LogP contribution in [0.4, 0.5) is 5.69 Å². The Kier molecular flexibility index (Phi) is 5.13. The average molecular weight is 285 g/mol. The molecule has 1 amide bonds. The lowest BCUT2D eigenvalue weighted by Gasteiger charge is -2.14. The monoisotopic (exact) mass is 285 g/mol. The zero-order valence-electron chi connectivity index (χ0n) is 11.8. The van der Waals surface area contributed by atoms with Gasteiger partial charge in [-0.25, -0.2) is 0 Å². The predicted octanol–water partition coefficient (Wildman–Crippen LogP) is 4.91. The quantitative estimate of drug-likeness (QED) is 0.777. The Morgan fingerprint density at radius 2 is 2.10 bits per heavy atom. The highest BCUT2D eigenvalue weighted by molar-refractivity contribution is 7.10. The average Bonchev–Trinajstić information content (AvgIpc) is 2.98. The number of amides is 1. The number of rotatable bonds is 5. The fourth-order valence-electron chi connectivity index (χ4n) is 1.98. The van der Waals surface area contributed by atoms with Gasteiger partial charge in [0.1, 0.15) is 0 Å². The molecule has 1 aromatic heterocycles. The molecule has 0 fully saturated rings. The molecule has 104 valence electrons. The van der Waals surface area contributed by atoms with Gasteiger partial charge in [-0.15, -0.1) is 11.3 Å². The Balaban J connectivity index is 2.08. The Morgan fingerprint density at radius 1 is 1.30 bits per heavy atom. The Bertz CT molecular complexity index is 587. The first-order valence-corrected chi connectivity index (χ1v) is 7.70. The van der Waals surface area contributed by atoms with E-state index in [1.807, 2.05) is 41.8 Å². The van der Waals surface area contributed by atoms with Crippen molar-refractivity contribution in [3.05, 3.63) is 58.3 Å². The summed E-state index contributed by atoms with van der Waals surface area (Å²) < 4.78 is 0.